The third-order valence-corrected chi connectivity index (χ3v) is 4.67. The number of benzene rings is 2. The molecule has 29 heavy (non-hydrogen) atoms. The number of hydrogen-bond acceptors (Lipinski definition) is 4. The lowest BCUT2D eigenvalue weighted by Crippen LogP contribution is -2.38. The van der Waals surface area contributed by atoms with Crippen molar-refractivity contribution in [2.45, 2.75) is 26.3 Å². The summed E-state index contributed by atoms with van der Waals surface area (Å²) in [5, 5.41) is 6.70. The Labute approximate surface area is 190 Å². The molecule has 0 unspecified atom stereocenters. The minimum Gasteiger partial charge on any atom is -0.493 e. The molecule has 0 saturated carbocycles. The van der Waals surface area contributed by atoms with Crippen molar-refractivity contribution in [1.82, 2.24) is 10.6 Å². The minimum absolute atomic E-state index is 0. The molecule has 7 heteroatoms. The van der Waals surface area contributed by atoms with Crippen LogP contribution in [0.25, 0.3) is 0 Å². The molecule has 0 aromatic heterocycles. The van der Waals surface area contributed by atoms with Gasteiger partial charge in [-0.15, -0.1) is 24.0 Å². The molecule has 0 bridgehead atoms. The van der Waals surface area contributed by atoms with Crippen molar-refractivity contribution in [3.05, 3.63) is 53.1 Å². The summed E-state index contributed by atoms with van der Waals surface area (Å²) < 4.78 is 16.2. The highest BCUT2D eigenvalue weighted by Crippen LogP contribution is 2.28. The van der Waals surface area contributed by atoms with E-state index in [9.17, 15) is 0 Å². The van der Waals surface area contributed by atoms with Crippen LogP contribution in [0.3, 0.4) is 0 Å². The van der Waals surface area contributed by atoms with E-state index in [1.165, 1.54) is 11.1 Å². The van der Waals surface area contributed by atoms with Gasteiger partial charge in [0.2, 0.25) is 0 Å². The van der Waals surface area contributed by atoms with E-state index in [0.29, 0.717) is 12.3 Å². The number of fused-ring (bicyclic) bond motifs is 1. The summed E-state index contributed by atoms with van der Waals surface area (Å²) in [5.74, 6) is 3.28. The van der Waals surface area contributed by atoms with Crippen molar-refractivity contribution in [3.8, 4) is 17.2 Å². The van der Waals surface area contributed by atoms with Gasteiger partial charge in [-0.3, -0.25) is 0 Å². The summed E-state index contributed by atoms with van der Waals surface area (Å²) in [7, 11) is 3.28. The molecular weight excluding hydrogens is 481 g/mol. The van der Waals surface area contributed by atoms with Crippen LogP contribution >= 0.6 is 24.0 Å². The first kappa shape index (κ1) is 23.1. The molecule has 0 spiro atoms. The fraction of sp³-hybridized carbons (Fsp3) is 0.409. The van der Waals surface area contributed by atoms with Crippen molar-refractivity contribution in [3.63, 3.8) is 0 Å². The van der Waals surface area contributed by atoms with Crippen LogP contribution < -0.4 is 24.8 Å². The number of halogens is 1. The van der Waals surface area contributed by atoms with Crippen LogP contribution in [0, 0.1) is 0 Å². The van der Waals surface area contributed by atoms with E-state index < -0.39 is 0 Å². The summed E-state index contributed by atoms with van der Waals surface area (Å²) >= 11 is 0. The third-order valence-electron chi connectivity index (χ3n) is 4.67. The first-order chi connectivity index (χ1) is 13.7. The Bertz CT molecular complexity index is 827. The van der Waals surface area contributed by atoms with E-state index in [4.69, 9.17) is 14.2 Å². The molecule has 1 aliphatic rings. The molecule has 0 radical (unpaired) electrons. The Hall–Kier alpha value is -2.16. The van der Waals surface area contributed by atoms with E-state index in [0.717, 1.165) is 55.6 Å². The number of ether oxygens (including phenoxy) is 3. The SMILES string of the molecule is CCNC(=NCc1ccc(OC)c(OC)c1)NCCc1ccc2c(c1)CCO2.I. The highest BCUT2D eigenvalue weighted by atomic mass is 127. The number of nitrogens with one attached hydrogen (secondary N) is 2. The van der Waals surface area contributed by atoms with Gasteiger partial charge < -0.3 is 24.8 Å². The molecule has 2 aromatic rings. The Morgan fingerprint density at radius 3 is 2.59 bits per heavy atom. The summed E-state index contributed by atoms with van der Waals surface area (Å²) in [6.07, 6.45) is 1.94. The molecule has 0 amide bonds. The first-order valence-electron chi connectivity index (χ1n) is 9.71. The maximum Gasteiger partial charge on any atom is 0.191 e. The predicted octanol–water partition coefficient (Wildman–Crippen LogP) is 3.55. The van der Waals surface area contributed by atoms with E-state index in [2.05, 4.69) is 40.7 Å². The molecule has 0 saturated heterocycles. The van der Waals surface area contributed by atoms with Crippen molar-refractivity contribution in [1.29, 1.82) is 0 Å². The number of guanidine groups is 1. The zero-order chi connectivity index (χ0) is 19.8. The van der Waals surface area contributed by atoms with Crippen molar-refractivity contribution >= 4 is 29.9 Å². The fourth-order valence-corrected chi connectivity index (χ4v) is 3.21. The smallest absolute Gasteiger partial charge is 0.191 e. The summed E-state index contributed by atoms with van der Waals surface area (Å²) in [4.78, 5) is 4.68. The average Bonchev–Trinajstić information content (AvgIpc) is 3.19. The van der Waals surface area contributed by atoms with Gasteiger partial charge in [0.25, 0.3) is 0 Å². The molecule has 2 aromatic carbocycles. The molecule has 0 fully saturated rings. The molecule has 1 heterocycles. The molecule has 6 nitrogen and oxygen atoms in total. The van der Waals surface area contributed by atoms with E-state index in [1.54, 1.807) is 14.2 Å². The lowest BCUT2D eigenvalue weighted by atomic mass is 10.1. The first-order valence-corrected chi connectivity index (χ1v) is 9.71. The lowest BCUT2D eigenvalue weighted by Gasteiger charge is -2.12. The van der Waals surface area contributed by atoms with Crippen LogP contribution in [0.1, 0.15) is 23.6 Å². The highest BCUT2D eigenvalue weighted by molar-refractivity contribution is 14.0. The second-order valence-electron chi connectivity index (χ2n) is 6.60. The van der Waals surface area contributed by atoms with E-state index in [1.807, 2.05) is 18.2 Å². The topological polar surface area (TPSA) is 64.1 Å². The summed E-state index contributed by atoms with van der Waals surface area (Å²) in [5.41, 5.74) is 3.69. The zero-order valence-corrected chi connectivity index (χ0v) is 19.6. The predicted molar refractivity (Wildman–Crippen MR) is 127 cm³/mol. The third kappa shape index (κ3) is 6.42. The number of rotatable bonds is 8. The Morgan fingerprint density at radius 2 is 1.83 bits per heavy atom. The van der Waals surface area contributed by atoms with Crippen LogP contribution in [0.5, 0.6) is 17.2 Å². The lowest BCUT2D eigenvalue weighted by molar-refractivity contribution is 0.354. The van der Waals surface area contributed by atoms with Gasteiger partial charge in [0.15, 0.2) is 17.5 Å². The number of nitrogens with zero attached hydrogens (tertiary/aromatic N) is 1. The van der Waals surface area contributed by atoms with Gasteiger partial charge in [-0.05, 0) is 48.2 Å². The summed E-state index contributed by atoms with van der Waals surface area (Å²) in [6.45, 7) is 5.05. The van der Waals surface area contributed by atoms with Gasteiger partial charge in [-0.25, -0.2) is 4.99 Å². The monoisotopic (exact) mass is 511 g/mol. The molecular formula is C22H30IN3O3. The fourth-order valence-electron chi connectivity index (χ4n) is 3.21. The Kier molecular flexibility index (Phi) is 9.37. The highest BCUT2D eigenvalue weighted by Gasteiger charge is 2.11. The van der Waals surface area contributed by atoms with E-state index >= 15 is 0 Å². The quantitative estimate of drug-likeness (QED) is 0.323. The molecule has 0 aliphatic carbocycles. The molecule has 1 aliphatic heterocycles. The second kappa shape index (κ2) is 11.7. The van der Waals surface area contributed by atoms with Crippen molar-refractivity contribution in [2.24, 2.45) is 4.99 Å². The molecule has 0 atom stereocenters. The maximum atomic E-state index is 5.57. The normalized spacial score (nSPS) is 12.4. The number of hydrogen-bond donors (Lipinski definition) is 2. The van der Waals surface area contributed by atoms with E-state index in [-0.39, 0.29) is 24.0 Å². The van der Waals surface area contributed by atoms with Gasteiger partial charge in [0, 0.05) is 19.5 Å². The van der Waals surface area contributed by atoms with Gasteiger partial charge in [-0.2, -0.15) is 0 Å². The van der Waals surface area contributed by atoms with Crippen LogP contribution in [0.15, 0.2) is 41.4 Å². The number of methoxy groups -OCH3 is 2. The van der Waals surface area contributed by atoms with Gasteiger partial charge in [0.05, 0.1) is 27.4 Å². The van der Waals surface area contributed by atoms with Crippen molar-refractivity contribution < 1.29 is 14.2 Å². The van der Waals surface area contributed by atoms with Crippen LogP contribution in [-0.2, 0) is 19.4 Å². The average molecular weight is 511 g/mol. The molecule has 158 valence electrons. The number of aliphatic imine (C=N–C) groups is 1. The zero-order valence-electron chi connectivity index (χ0n) is 17.3. The Morgan fingerprint density at radius 1 is 1.03 bits per heavy atom. The summed E-state index contributed by atoms with van der Waals surface area (Å²) in [6, 6.07) is 12.3. The maximum absolute atomic E-state index is 5.57. The van der Waals surface area contributed by atoms with Gasteiger partial charge in [0.1, 0.15) is 5.75 Å². The molecule has 3 rings (SSSR count). The molecule has 2 N–H and O–H groups in total. The van der Waals surface area contributed by atoms with Gasteiger partial charge >= 0.3 is 0 Å². The van der Waals surface area contributed by atoms with Crippen LogP contribution in [-0.4, -0.2) is 39.9 Å². The Balaban J connectivity index is 0.00000300. The second-order valence-corrected chi connectivity index (χ2v) is 6.60. The van der Waals surface area contributed by atoms with Crippen molar-refractivity contribution in [2.75, 3.05) is 33.9 Å². The standard InChI is InChI=1S/C22H29N3O3.HI/c1-4-23-22(25-15-17-6-8-20(26-2)21(14-17)27-3)24-11-9-16-5-7-19-18(13-16)10-12-28-19;/h5-8,13-14H,4,9-12,15H2,1-3H3,(H2,23,24,25);1H. The van der Waals surface area contributed by atoms with Crippen LogP contribution in [0.2, 0.25) is 0 Å². The van der Waals surface area contributed by atoms with Crippen LogP contribution in [0.4, 0.5) is 0 Å². The van der Waals surface area contributed by atoms with Gasteiger partial charge in [-0.1, -0.05) is 18.2 Å². The largest absolute Gasteiger partial charge is 0.493 e. The minimum atomic E-state index is 0.